The van der Waals surface area contributed by atoms with Crippen LogP contribution in [0.5, 0.6) is 11.5 Å². The lowest BCUT2D eigenvalue weighted by Crippen LogP contribution is -2.21. The van der Waals surface area contributed by atoms with Crippen LogP contribution in [0.4, 0.5) is 24.5 Å². The van der Waals surface area contributed by atoms with Gasteiger partial charge in [-0.05, 0) is 48.7 Å². The van der Waals surface area contributed by atoms with Crippen LogP contribution in [-0.2, 0) is 4.79 Å². The largest absolute Gasteiger partial charge is 0.493 e. The second-order valence-corrected chi connectivity index (χ2v) is 6.44. The topological polar surface area (TPSA) is 50.8 Å². The highest BCUT2D eigenvalue weighted by atomic mass is 19.3. The van der Waals surface area contributed by atoms with E-state index in [0.29, 0.717) is 11.3 Å². The Morgan fingerprint density at radius 1 is 1.17 bits per heavy atom. The first kappa shape index (κ1) is 20.6. The standard InChI is InChI=1S/C21H21F3N2O3/c1-28-18-13-14(7-9-17(18)29-21(23)24)8-10-19(27)25-20-15(22)5-4-6-16(20)26-11-2-3-12-26/h4-10,13,21H,2-3,11-12H2,1H3,(H,25,27)/b10-8+. The number of alkyl halides is 2. The molecule has 0 bridgehead atoms. The minimum atomic E-state index is -2.97. The van der Waals surface area contributed by atoms with Crippen molar-refractivity contribution in [3.05, 3.63) is 53.9 Å². The molecule has 0 saturated carbocycles. The number of nitrogens with zero attached hydrogens (tertiary/aromatic N) is 1. The minimum Gasteiger partial charge on any atom is -0.493 e. The number of amides is 1. The fourth-order valence-electron chi connectivity index (χ4n) is 3.18. The van der Waals surface area contributed by atoms with E-state index in [1.54, 1.807) is 12.1 Å². The van der Waals surface area contributed by atoms with Gasteiger partial charge in [0, 0.05) is 19.2 Å². The van der Waals surface area contributed by atoms with Gasteiger partial charge in [0.15, 0.2) is 11.5 Å². The van der Waals surface area contributed by atoms with E-state index in [0.717, 1.165) is 25.9 Å². The van der Waals surface area contributed by atoms with Crippen molar-refractivity contribution >= 4 is 23.4 Å². The van der Waals surface area contributed by atoms with Crippen LogP contribution < -0.4 is 19.7 Å². The smallest absolute Gasteiger partial charge is 0.387 e. The Morgan fingerprint density at radius 2 is 1.93 bits per heavy atom. The van der Waals surface area contributed by atoms with E-state index in [9.17, 15) is 18.0 Å². The third-order valence-corrected chi connectivity index (χ3v) is 4.52. The van der Waals surface area contributed by atoms with Crippen LogP contribution >= 0.6 is 0 Å². The Bertz CT molecular complexity index is 897. The number of nitrogens with one attached hydrogen (secondary N) is 1. The molecule has 1 saturated heterocycles. The molecule has 29 heavy (non-hydrogen) atoms. The minimum absolute atomic E-state index is 0.106. The zero-order chi connectivity index (χ0) is 20.8. The lowest BCUT2D eigenvalue weighted by molar-refractivity contribution is -0.111. The van der Waals surface area contributed by atoms with Crippen molar-refractivity contribution in [3.63, 3.8) is 0 Å². The average molecular weight is 406 g/mol. The van der Waals surface area contributed by atoms with E-state index in [1.807, 2.05) is 4.90 Å². The molecule has 1 N–H and O–H groups in total. The van der Waals surface area contributed by atoms with Gasteiger partial charge in [0.1, 0.15) is 11.5 Å². The summed E-state index contributed by atoms with van der Waals surface area (Å²) in [5.41, 5.74) is 1.33. The molecule has 1 aliphatic heterocycles. The van der Waals surface area contributed by atoms with E-state index in [2.05, 4.69) is 10.1 Å². The highest BCUT2D eigenvalue weighted by Crippen LogP contribution is 2.32. The molecule has 0 aliphatic carbocycles. The zero-order valence-corrected chi connectivity index (χ0v) is 15.8. The highest BCUT2D eigenvalue weighted by Gasteiger charge is 2.19. The van der Waals surface area contributed by atoms with Gasteiger partial charge in [-0.3, -0.25) is 4.79 Å². The SMILES string of the molecule is COc1cc(/C=C/C(=O)Nc2c(F)cccc2N2CCCC2)ccc1OC(F)F. The Hall–Kier alpha value is -3.16. The van der Waals surface area contributed by atoms with Crippen LogP contribution in [0.15, 0.2) is 42.5 Å². The first-order chi connectivity index (χ1) is 14.0. The molecular formula is C21H21F3N2O3. The second-order valence-electron chi connectivity index (χ2n) is 6.44. The van der Waals surface area contributed by atoms with E-state index in [-0.39, 0.29) is 17.2 Å². The molecule has 0 unspecified atom stereocenters. The van der Waals surface area contributed by atoms with Crippen molar-refractivity contribution < 1.29 is 27.4 Å². The third kappa shape index (κ3) is 5.22. The van der Waals surface area contributed by atoms with Crippen molar-refractivity contribution in [1.82, 2.24) is 0 Å². The van der Waals surface area contributed by atoms with Crippen LogP contribution in [-0.4, -0.2) is 32.7 Å². The molecule has 1 amide bonds. The second kappa shape index (κ2) is 9.36. The monoisotopic (exact) mass is 406 g/mol. The van der Waals surface area contributed by atoms with E-state index in [4.69, 9.17) is 4.74 Å². The van der Waals surface area contributed by atoms with E-state index < -0.39 is 18.3 Å². The summed E-state index contributed by atoms with van der Waals surface area (Å²) in [6, 6.07) is 8.98. The van der Waals surface area contributed by atoms with Crippen LogP contribution in [0.2, 0.25) is 0 Å². The maximum atomic E-state index is 14.3. The summed E-state index contributed by atoms with van der Waals surface area (Å²) in [6.07, 6.45) is 4.76. The zero-order valence-electron chi connectivity index (χ0n) is 15.8. The number of benzene rings is 2. The molecule has 0 aromatic heterocycles. The number of hydrogen-bond donors (Lipinski definition) is 1. The summed E-state index contributed by atoms with van der Waals surface area (Å²) in [5, 5.41) is 2.59. The van der Waals surface area contributed by atoms with Gasteiger partial charge in [-0.2, -0.15) is 8.78 Å². The molecule has 2 aromatic carbocycles. The predicted molar refractivity (Wildman–Crippen MR) is 105 cm³/mol. The van der Waals surface area contributed by atoms with Gasteiger partial charge in [0.2, 0.25) is 5.91 Å². The quantitative estimate of drug-likeness (QED) is 0.678. The van der Waals surface area contributed by atoms with Crippen LogP contribution in [0, 0.1) is 5.82 Å². The maximum absolute atomic E-state index is 14.3. The van der Waals surface area contributed by atoms with E-state index in [1.165, 1.54) is 43.5 Å². The van der Waals surface area contributed by atoms with Crippen molar-refractivity contribution in [2.45, 2.75) is 19.5 Å². The number of halogens is 3. The molecule has 0 radical (unpaired) electrons. The Balaban J connectivity index is 1.74. The first-order valence-electron chi connectivity index (χ1n) is 9.13. The van der Waals surface area contributed by atoms with Crippen LogP contribution in [0.3, 0.4) is 0 Å². The van der Waals surface area contributed by atoms with Crippen LogP contribution in [0.1, 0.15) is 18.4 Å². The van der Waals surface area contributed by atoms with Gasteiger partial charge in [0.05, 0.1) is 12.8 Å². The molecule has 0 atom stereocenters. The van der Waals surface area contributed by atoms with E-state index >= 15 is 0 Å². The normalized spacial score (nSPS) is 13.9. The Kier molecular flexibility index (Phi) is 6.64. The summed E-state index contributed by atoms with van der Waals surface area (Å²) >= 11 is 0. The van der Waals surface area contributed by atoms with Gasteiger partial charge in [-0.15, -0.1) is 0 Å². The molecule has 2 aromatic rings. The molecule has 3 rings (SSSR count). The van der Waals surface area contributed by atoms with Gasteiger partial charge in [-0.1, -0.05) is 12.1 Å². The number of carbonyl (C=O) groups excluding carboxylic acids is 1. The number of rotatable bonds is 7. The summed E-state index contributed by atoms with van der Waals surface area (Å²) in [5.74, 6) is -1.02. The highest BCUT2D eigenvalue weighted by molar-refractivity contribution is 6.04. The summed E-state index contributed by atoms with van der Waals surface area (Å²) in [7, 11) is 1.33. The number of methoxy groups -OCH3 is 1. The summed E-state index contributed by atoms with van der Waals surface area (Å²) in [4.78, 5) is 14.4. The Labute approximate surface area is 166 Å². The number of ether oxygens (including phenoxy) is 2. The van der Waals surface area contributed by atoms with Gasteiger partial charge >= 0.3 is 6.61 Å². The van der Waals surface area contributed by atoms with Crippen molar-refractivity contribution in [1.29, 1.82) is 0 Å². The summed E-state index contributed by atoms with van der Waals surface area (Å²) < 4.78 is 48.5. The molecule has 1 fully saturated rings. The number of hydrogen-bond acceptors (Lipinski definition) is 4. The maximum Gasteiger partial charge on any atom is 0.387 e. The van der Waals surface area contributed by atoms with Crippen molar-refractivity contribution in [2.24, 2.45) is 0 Å². The number of carbonyl (C=O) groups is 1. The summed E-state index contributed by atoms with van der Waals surface area (Å²) in [6.45, 7) is -1.34. The predicted octanol–water partition coefficient (Wildman–Crippen LogP) is 4.69. The lowest BCUT2D eigenvalue weighted by atomic mass is 10.2. The first-order valence-corrected chi connectivity index (χ1v) is 9.13. The number of para-hydroxylation sites is 1. The molecule has 1 heterocycles. The lowest BCUT2D eigenvalue weighted by Gasteiger charge is -2.21. The molecule has 8 heteroatoms. The average Bonchev–Trinajstić information content (AvgIpc) is 3.23. The van der Waals surface area contributed by atoms with Gasteiger partial charge < -0.3 is 19.7 Å². The van der Waals surface area contributed by atoms with Crippen molar-refractivity contribution in [2.75, 3.05) is 30.4 Å². The fourth-order valence-corrected chi connectivity index (χ4v) is 3.18. The molecule has 1 aliphatic rings. The van der Waals surface area contributed by atoms with Gasteiger partial charge in [0.25, 0.3) is 0 Å². The fraction of sp³-hybridized carbons (Fsp3) is 0.286. The number of anilines is 2. The molecule has 154 valence electrons. The van der Waals surface area contributed by atoms with Gasteiger partial charge in [-0.25, -0.2) is 4.39 Å². The third-order valence-electron chi connectivity index (χ3n) is 4.52. The van der Waals surface area contributed by atoms with Crippen molar-refractivity contribution in [3.8, 4) is 11.5 Å². The Morgan fingerprint density at radius 3 is 2.62 bits per heavy atom. The molecular weight excluding hydrogens is 385 g/mol. The van der Waals surface area contributed by atoms with Crippen LogP contribution in [0.25, 0.3) is 6.08 Å². The molecule has 5 nitrogen and oxygen atoms in total. The molecule has 0 spiro atoms.